The zero-order chi connectivity index (χ0) is 12.9. The van der Waals surface area contributed by atoms with Crippen LogP contribution in [0.2, 0.25) is 0 Å². The monoisotopic (exact) mass is 426 g/mol. The van der Waals surface area contributed by atoms with Gasteiger partial charge >= 0.3 is 5.97 Å². The first kappa shape index (κ1) is 25.9. The van der Waals surface area contributed by atoms with Gasteiger partial charge in [0.05, 0.1) is 6.04 Å². The molecule has 2 radical (unpaired) electrons. The smallest absolute Gasteiger partial charge is 0.319 e. The van der Waals surface area contributed by atoms with Crippen molar-refractivity contribution in [1.82, 2.24) is 10.3 Å². The molecule has 0 spiro atoms. The normalized spacial score (nSPS) is 11.3. The van der Waals surface area contributed by atoms with E-state index in [0.29, 0.717) is 0 Å². The molecule has 1 aromatic rings. The summed E-state index contributed by atoms with van der Waals surface area (Å²) in [5.41, 5.74) is 0. The fraction of sp³-hybridized carbons (Fsp3) is 0.333. The molecule has 0 fully saturated rings. The molecule has 2 N–H and O–H groups in total. The van der Waals surface area contributed by atoms with Crippen LogP contribution in [0.1, 0.15) is 13.8 Å². The van der Waals surface area contributed by atoms with E-state index in [9.17, 15) is 4.79 Å². The number of hydrogen-bond acceptors (Lipinski definition) is 5. The number of carboxylic acid groups (broad SMARTS) is 1. The molecule has 0 saturated heterocycles. The Balaban J connectivity index is -0.000000963. The number of rotatable bonds is 6. The van der Waals surface area contributed by atoms with Gasteiger partial charge in [-0.25, -0.2) is 4.98 Å². The van der Waals surface area contributed by atoms with Gasteiger partial charge in [0, 0.05) is 62.2 Å². The van der Waals surface area contributed by atoms with Crippen molar-refractivity contribution in [1.29, 1.82) is 0 Å². The predicted octanol–water partition coefficient (Wildman–Crippen LogP) is 2.88. The van der Waals surface area contributed by atoms with Crippen LogP contribution in [0.5, 0.6) is 0 Å². The van der Waals surface area contributed by atoms with Gasteiger partial charge in [-0.3, -0.25) is 11.8 Å². The van der Waals surface area contributed by atoms with Crippen molar-refractivity contribution >= 4 is 27.6 Å². The number of pyridine rings is 1. The molecule has 1 rings (SSSR count). The van der Waals surface area contributed by atoms with Crippen LogP contribution in [0.4, 0.5) is 0 Å². The standard InChI is InChI=1S/C11H15N2O2S2.CH3.V.Y/c1-11(2,9(12-3)10(14)15)17-16-8-6-4-5-7-13-8;;;/h4-7,9,12H,3H2,1-2H3,(H,14,15);1H3;;/q2*-1;;. The zero-order valence-corrected chi connectivity index (χ0v) is 17.6. The summed E-state index contributed by atoms with van der Waals surface area (Å²) in [6, 6.07) is 4.93. The van der Waals surface area contributed by atoms with Crippen LogP contribution in [-0.4, -0.2) is 26.8 Å². The molecule has 0 bridgehead atoms. The molecule has 0 aliphatic rings. The second kappa shape index (κ2) is 12.5. The summed E-state index contributed by atoms with van der Waals surface area (Å²) in [4.78, 5) is 15.2. The van der Waals surface area contributed by atoms with E-state index in [1.54, 1.807) is 6.20 Å². The first-order chi connectivity index (χ1) is 7.97. The third-order valence-electron chi connectivity index (χ3n) is 2.13. The van der Waals surface area contributed by atoms with Crippen LogP contribution in [-0.2, 0) is 56.1 Å². The minimum atomic E-state index is -0.904. The van der Waals surface area contributed by atoms with Crippen molar-refractivity contribution < 1.29 is 61.2 Å². The van der Waals surface area contributed by atoms with Crippen LogP contribution < -0.4 is 5.32 Å². The average molecular weight is 426 g/mol. The topological polar surface area (TPSA) is 62.2 Å². The minimum absolute atomic E-state index is 0. The first-order valence-electron chi connectivity index (χ1n) is 4.99. The fourth-order valence-corrected chi connectivity index (χ4v) is 3.53. The summed E-state index contributed by atoms with van der Waals surface area (Å²) in [5.74, 6) is -0.904. The molecular formula is C12H18N2O2S2VY-2. The Morgan fingerprint density at radius 1 is 1.50 bits per heavy atom. The Bertz CT molecular complexity index is 383. The molecule has 0 saturated carbocycles. The zero-order valence-electron chi connectivity index (χ0n) is 11.7. The Kier molecular flexibility index (Phi) is 16.2. The minimum Gasteiger partial charge on any atom is -0.480 e. The molecule has 1 atom stereocenters. The van der Waals surface area contributed by atoms with E-state index < -0.39 is 16.8 Å². The number of aliphatic carboxylic acids is 1. The molecule has 1 unspecified atom stereocenters. The third-order valence-corrected chi connectivity index (χ3v) is 5.34. The number of hydrogen-bond donors (Lipinski definition) is 2. The number of nitrogens with zero attached hydrogens (tertiary/aromatic N) is 1. The van der Waals surface area contributed by atoms with Gasteiger partial charge in [0.25, 0.3) is 0 Å². The maximum atomic E-state index is 11.0. The molecule has 4 nitrogen and oxygen atoms in total. The molecule has 0 aliphatic carbocycles. The number of aromatic nitrogens is 1. The summed E-state index contributed by atoms with van der Waals surface area (Å²) >= 11 is 0. The first-order valence-corrected chi connectivity index (χ1v) is 7.14. The van der Waals surface area contributed by atoms with Gasteiger partial charge in [-0.15, -0.1) is 0 Å². The van der Waals surface area contributed by atoms with E-state index in [4.69, 9.17) is 5.11 Å². The summed E-state index contributed by atoms with van der Waals surface area (Å²) in [7, 11) is 6.39. The van der Waals surface area contributed by atoms with E-state index in [0.717, 1.165) is 5.03 Å². The van der Waals surface area contributed by atoms with Gasteiger partial charge < -0.3 is 17.8 Å². The maximum Gasteiger partial charge on any atom is 0.319 e. The summed E-state index contributed by atoms with van der Waals surface area (Å²) in [6.45, 7) is 3.73. The van der Waals surface area contributed by atoms with E-state index in [1.807, 2.05) is 32.0 Å². The summed E-state index contributed by atoms with van der Waals surface area (Å²) in [6.07, 6.45) is 1.71. The van der Waals surface area contributed by atoms with Gasteiger partial charge in [-0.1, -0.05) is 16.9 Å². The molecule has 110 valence electrons. The van der Waals surface area contributed by atoms with Crippen LogP contribution in [0, 0.1) is 14.5 Å². The van der Waals surface area contributed by atoms with Gasteiger partial charge in [0.15, 0.2) is 0 Å². The molecule has 1 heterocycles. The SMILES string of the molecule is [CH2-]NC(C(=O)O)C(C)(C)SSc1ccccn1.[CH3-].[V].[Y]. The van der Waals surface area contributed by atoms with Gasteiger partial charge in [0.2, 0.25) is 0 Å². The number of carbonyl (C=O) groups is 1. The molecule has 0 amide bonds. The molecular weight excluding hydrogens is 408 g/mol. The van der Waals surface area contributed by atoms with E-state index >= 15 is 0 Å². The average Bonchev–Trinajstić information content (AvgIpc) is 2.28. The third kappa shape index (κ3) is 8.42. The molecule has 1 aromatic heterocycles. The van der Waals surface area contributed by atoms with Gasteiger partial charge in [-0.2, -0.15) is 0 Å². The predicted molar refractivity (Wildman–Crippen MR) is 78.1 cm³/mol. The second-order valence-electron chi connectivity index (χ2n) is 3.91. The van der Waals surface area contributed by atoms with Gasteiger partial charge in [-0.05, 0) is 36.8 Å². The van der Waals surface area contributed by atoms with Crippen LogP contribution in [0.3, 0.4) is 0 Å². The van der Waals surface area contributed by atoms with Crippen LogP contribution >= 0.6 is 21.6 Å². The Hall–Kier alpha value is 0.968. The van der Waals surface area contributed by atoms with Crippen LogP contribution in [0.15, 0.2) is 29.4 Å². The van der Waals surface area contributed by atoms with Crippen LogP contribution in [0.25, 0.3) is 0 Å². The molecule has 8 heteroatoms. The van der Waals surface area contributed by atoms with E-state index in [-0.39, 0.29) is 58.7 Å². The van der Waals surface area contributed by atoms with E-state index in [2.05, 4.69) is 17.3 Å². The maximum absolute atomic E-state index is 11.0. The molecule has 0 aromatic carbocycles. The number of carboxylic acids is 1. The quantitative estimate of drug-likeness (QED) is 0.539. The second-order valence-corrected chi connectivity index (χ2v) is 6.72. The Morgan fingerprint density at radius 3 is 2.50 bits per heavy atom. The van der Waals surface area contributed by atoms with Gasteiger partial charge in [0.1, 0.15) is 5.03 Å². The molecule has 20 heavy (non-hydrogen) atoms. The Morgan fingerprint density at radius 2 is 2.10 bits per heavy atom. The Labute approximate surface area is 166 Å². The van der Waals surface area contributed by atoms with Crippen molar-refractivity contribution in [2.75, 3.05) is 0 Å². The summed E-state index contributed by atoms with van der Waals surface area (Å²) in [5, 5.41) is 12.5. The van der Waals surface area contributed by atoms with Crippen molar-refractivity contribution in [2.24, 2.45) is 0 Å². The van der Waals surface area contributed by atoms with Crippen molar-refractivity contribution in [3.63, 3.8) is 0 Å². The van der Waals surface area contributed by atoms with Crippen molar-refractivity contribution in [3.05, 3.63) is 38.9 Å². The van der Waals surface area contributed by atoms with Crippen molar-refractivity contribution in [3.8, 4) is 0 Å². The number of nitrogens with one attached hydrogen (secondary N) is 1. The fourth-order valence-electron chi connectivity index (χ4n) is 1.23. The largest absolute Gasteiger partial charge is 0.480 e. The van der Waals surface area contributed by atoms with E-state index in [1.165, 1.54) is 21.6 Å². The summed E-state index contributed by atoms with van der Waals surface area (Å²) < 4.78 is -0.490. The van der Waals surface area contributed by atoms with Crippen molar-refractivity contribution in [2.45, 2.75) is 29.7 Å². The molecule has 0 aliphatic heterocycles.